The van der Waals surface area contributed by atoms with Gasteiger partial charge in [-0.25, -0.2) is 4.79 Å². The van der Waals surface area contributed by atoms with Crippen molar-refractivity contribution >= 4 is 18.0 Å². The third-order valence-electron chi connectivity index (χ3n) is 5.74. The lowest BCUT2D eigenvalue weighted by molar-refractivity contribution is -0.137. The van der Waals surface area contributed by atoms with Gasteiger partial charge >= 0.3 is 12.1 Å². The molecule has 0 aliphatic heterocycles. The van der Waals surface area contributed by atoms with Crippen LogP contribution in [0.1, 0.15) is 43.2 Å². The maximum absolute atomic E-state index is 12.6. The molecule has 0 aromatic heterocycles. The Balaban J connectivity index is 1.60. The number of alkyl carbamates (subject to hydrolysis) is 1. The molecule has 0 spiro atoms. The summed E-state index contributed by atoms with van der Waals surface area (Å²) in [7, 11) is 1.51. The number of amides is 2. The van der Waals surface area contributed by atoms with Crippen LogP contribution in [0.4, 0.5) is 4.79 Å². The molecule has 8 nitrogen and oxygen atoms in total. The number of hydrogen-bond acceptors (Lipinski definition) is 5. The van der Waals surface area contributed by atoms with Gasteiger partial charge in [0.2, 0.25) is 5.91 Å². The van der Waals surface area contributed by atoms with Crippen molar-refractivity contribution in [1.82, 2.24) is 10.6 Å². The fourth-order valence-electron chi connectivity index (χ4n) is 4.04. The lowest BCUT2D eigenvalue weighted by Gasteiger charge is -2.21. The first-order chi connectivity index (χ1) is 15.9. The van der Waals surface area contributed by atoms with Crippen molar-refractivity contribution in [3.05, 3.63) is 59.7 Å². The summed E-state index contributed by atoms with van der Waals surface area (Å²) < 4.78 is 10.6. The van der Waals surface area contributed by atoms with E-state index >= 15 is 0 Å². The predicted octanol–water partition coefficient (Wildman–Crippen LogP) is 3.30. The number of rotatable bonds is 11. The highest BCUT2D eigenvalue weighted by Crippen LogP contribution is 2.44. The van der Waals surface area contributed by atoms with Crippen LogP contribution < -0.4 is 10.6 Å². The number of carbonyl (C=O) groups is 3. The quantitative estimate of drug-likeness (QED) is 0.480. The largest absolute Gasteiger partial charge is 0.481 e. The lowest BCUT2D eigenvalue weighted by Crippen LogP contribution is -2.49. The van der Waals surface area contributed by atoms with Crippen LogP contribution in [0.25, 0.3) is 11.1 Å². The zero-order valence-electron chi connectivity index (χ0n) is 18.9. The Kier molecular flexibility index (Phi) is 8.43. The van der Waals surface area contributed by atoms with Gasteiger partial charge in [0.25, 0.3) is 0 Å². The van der Waals surface area contributed by atoms with E-state index in [9.17, 15) is 14.4 Å². The Hall–Kier alpha value is -3.39. The van der Waals surface area contributed by atoms with Crippen LogP contribution in [0, 0.1) is 0 Å². The smallest absolute Gasteiger partial charge is 0.407 e. The Bertz CT molecular complexity index is 947. The van der Waals surface area contributed by atoms with Crippen molar-refractivity contribution in [2.24, 2.45) is 0 Å². The summed E-state index contributed by atoms with van der Waals surface area (Å²) in [6, 6.07) is 14.9. The fourth-order valence-corrected chi connectivity index (χ4v) is 4.04. The number of benzene rings is 2. The van der Waals surface area contributed by atoms with Crippen molar-refractivity contribution in [3.8, 4) is 11.1 Å². The standard InChI is InChI=1S/C25H30N2O6/c1-16(11-12-23(28)29)26-24(30)22(13-14-32-2)27-25(31)33-15-21-19-9-5-3-7-17(19)18-8-4-6-10-20(18)21/h3-10,16,21-22H,11-15H2,1-2H3,(H,26,30)(H,27,31)(H,28,29). The van der Waals surface area contributed by atoms with Crippen molar-refractivity contribution in [1.29, 1.82) is 0 Å². The Labute approximate surface area is 193 Å². The minimum atomic E-state index is -0.927. The van der Waals surface area contributed by atoms with E-state index in [1.165, 1.54) is 7.11 Å². The molecule has 0 radical (unpaired) electrons. The average molecular weight is 455 g/mol. The van der Waals surface area contributed by atoms with E-state index in [4.69, 9.17) is 14.6 Å². The van der Waals surface area contributed by atoms with Crippen LogP contribution >= 0.6 is 0 Å². The normalized spacial score (nSPS) is 14.0. The summed E-state index contributed by atoms with van der Waals surface area (Å²) in [5.74, 6) is -1.41. The predicted molar refractivity (Wildman–Crippen MR) is 123 cm³/mol. The van der Waals surface area contributed by atoms with E-state index < -0.39 is 24.0 Å². The molecule has 0 saturated carbocycles. The first kappa shape index (κ1) is 24.3. The number of carbonyl (C=O) groups excluding carboxylic acids is 2. The average Bonchev–Trinajstić information content (AvgIpc) is 3.12. The van der Waals surface area contributed by atoms with Gasteiger partial charge in [0.1, 0.15) is 12.6 Å². The molecule has 1 aliphatic rings. The van der Waals surface area contributed by atoms with E-state index in [1.807, 2.05) is 36.4 Å². The van der Waals surface area contributed by atoms with Gasteiger partial charge in [-0.15, -0.1) is 0 Å². The molecule has 2 unspecified atom stereocenters. The van der Waals surface area contributed by atoms with Crippen molar-refractivity contribution in [3.63, 3.8) is 0 Å². The van der Waals surface area contributed by atoms with Crippen LogP contribution in [0.3, 0.4) is 0 Å². The zero-order chi connectivity index (χ0) is 23.8. The number of fused-ring (bicyclic) bond motifs is 3. The molecule has 1 aliphatic carbocycles. The summed E-state index contributed by atoms with van der Waals surface area (Å²) in [4.78, 5) is 36.0. The van der Waals surface area contributed by atoms with Gasteiger partial charge in [0.15, 0.2) is 0 Å². The maximum Gasteiger partial charge on any atom is 0.407 e. The molecule has 0 fully saturated rings. The number of carboxylic acids is 1. The van der Waals surface area contributed by atoms with Gasteiger partial charge in [0, 0.05) is 38.5 Å². The van der Waals surface area contributed by atoms with E-state index in [0.29, 0.717) is 6.42 Å². The molecular weight excluding hydrogens is 424 g/mol. The first-order valence-corrected chi connectivity index (χ1v) is 11.0. The van der Waals surface area contributed by atoms with Gasteiger partial charge < -0.3 is 25.2 Å². The van der Waals surface area contributed by atoms with E-state index in [2.05, 4.69) is 22.8 Å². The molecule has 0 heterocycles. The number of methoxy groups -OCH3 is 1. The molecule has 2 aromatic rings. The van der Waals surface area contributed by atoms with Crippen LogP contribution in [0.5, 0.6) is 0 Å². The second kappa shape index (κ2) is 11.5. The minimum absolute atomic E-state index is 0.0516. The number of aliphatic carboxylic acids is 1. The Morgan fingerprint density at radius 1 is 0.970 bits per heavy atom. The molecule has 0 saturated heterocycles. The number of hydrogen-bond donors (Lipinski definition) is 3. The molecular formula is C25H30N2O6. The second-order valence-electron chi connectivity index (χ2n) is 8.15. The van der Waals surface area contributed by atoms with Crippen molar-refractivity contribution in [2.75, 3.05) is 20.3 Å². The van der Waals surface area contributed by atoms with Gasteiger partial charge in [-0.05, 0) is 35.6 Å². The van der Waals surface area contributed by atoms with Crippen molar-refractivity contribution < 1.29 is 29.0 Å². The lowest BCUT2D eigenvalue weighted by atomic mass is 9.98. The molecule has 8 heteroatoms. The third-order valence-corrected chi connectivity index (χ3v) is 5.74. The number of nitrogens with one attached hydrogen (secondary N) is 2. The Morgan fingerprint density at radius 2 is 1.58 bits per heavy atom. The second-order valence-corrected chi connectivity index (χ2v) is 8.15. The first-order valence-electron chi connectivity index (χ1n) is 11.0. The summed E-state index contributed by atoms with van der Waals surface area (Å²) >= 11 is 0. The van der Waals surface area contributed by atoms with Crippen LogP contribution in [-0.4, -0.2) is 55.5 Å². The zero-order valence-corrected chi connectivity index (χ0v) is 18.9. The number of ether oxygens (including phenoxy) is 2. The molecule has 2 atom stereocenters. The SMILES string of the molecule is COCCC(NC(=O)OCC1c2ccccc2-c2ccccc21)C(=O)NC(C)CCC(=O)O. The van der Waals surface area contributed by atoms with E-state index in [1.54, 1.807) is 6.92 Å². The molecule has 176 valence electrons. The summed E-state index contributed by atoms with van der Waals surface area (Å²) in [6.45, 7) is 2.14. The van der Waals surface area contributed by atoms with E-state index in [0.717, 1.165) is 22.3 Å². The Morgan fingerprint density at radius 3 is 2.15 bits per heavy atom. The molecule has 3 rings (SSSR count). The molecule has 2 amide bonds. The summed E-state index contributed by atoms with van der Waals surface area (Å²) in [5, 5.41) is 14.2. The topological polar surface area (TPSA) is 114 Å². The summed E-state index contributed by atoms with van der Waals surface area (Å²) in [6.07, 6.45) is -0.183. The van der Waals surface area contributed by atoms with Crippen LogP contribution in [0.15, 0.2) is 48.5 Å². The maximum atomic E-state index is 12.6. The molecule has 0 bridgehead atoms. The molecule has 2 aromatic carbocycles. The van der Waals surface area contributed by atoms with Gasteiger partial charge in [-0.3, -0.25) is 9.59 Å². The van der Waals surface area contributed by atoms with Crippen LogP contribution in [0.2, 0.25) is 0 Å². The summed E-state index contributed by atoms with van der Waals surface area (Å²) in [5.41, 5.74) is 4.48. The van der Waals surface area contributed by atoms with E-state index in [-0.39, 0.29) is 38.0 Å². The fraction of sp³-hybridized carbons (Fsp3) is 0.400. The molecule has 3 N–H and O–H groups in total. The highest BCUT2D eigenvalue weighted by molar-refractivity contribution is 5.86. The monoisotopic (exact) mass is 454 g/mol. The van der Waals surface area contributed by atoms with Crippen molar-refractivity contribution in [2.45, 2.75) is 44.2 Å². The highest BCUT2D eigenvalue weighted by Gasteiger charge is 2.30. The molecule has 33 heavy (non-hydrogen) atoms. The number of carboxylic acid groups (broad SMARTS) is 1. The van der Waals surface area contributed by atoms with Crippen LogP contribution in [-0.2, 0) is 19.1 Å². The highest BCUT2D eigenvalue weighted by atomic mass is 16.5. The third kappa shape index (κ3) is 6.32. The van der Waals surface area contributed by atoms with Gasteiger partial charge in [0.05, 0.1) is 0 Å². The minimum Gasteiger partial charge on any atom is -0.481 e. The van der Waals surface area contributed by atoms with Gasteiger partial charge in [-0.1, -0.05) is 48.5 Å². The van der Waals surface area contributed by atoms with Gasteiger partial charge in [-0.2, -0.15) is 0 Å².